The van der Waals surface area contributed by atoms with E-state index in [1.165, 1.54) is 33.5 Å². The molecule has 0 bridgehead atoms. The Bertz CT molecular complexity index is 1040. The van der Waals surface area contributed by atoms with Crippen LogP contribution in [0, 0.1) is 12.7 Å². The Morgan fingerprint density at radius 2 is 1.50 bits per heavy atom. The molecule has 0 aliphatic carbocycles. The first-order chi connectivity index (χ1) is 13.4. The van der Waals surface area contributed by atoms with Crippen LogP contribution in [0.2, 0.25) is 0 Å². The Morgan fingerprint density at radius 1 is 0.929 bits per heavy atom. The molecule has 0 radical (unpaired) electrons. The lowest BCUT2D eigenvalue weighted by atomic mass is 9.86. The lowest BCUT2D eigenvalue weighted by Crippen LogP contribution is -2.25. The summed E-state index contributed by atoms with van der Waals surface area (Å²) in [5.74, 6) is -0.285. The Labute approximate surface area is 165 Å². The Hall–Kier alpha value is -2.75. The van der Waals surface area contributed by atoms with E-state index >= 15 is 0 Å². The molecule has 3 rings (SSSR count). The molecular formula is C24H27FN2O. The van der Waals surface area contributed by atoms with Crippen molar-refractivity contribution in [3.05, 3.63) is 74.8 Å². The fourth-order valence-corrected chi connectivity index (χ4v) is 3.93. The molecule has 0 atom stereocenters. The lowest BCUT2D eigenvalue weighted by molar-refractivity contribution is 0.628. The molecular weight excluding hydrogens is 351 g/mol. The average Bonchev–Trinajstić information content (AvgIpc) is 2.69. The van der Waals surface area contributed by atoms with E-state index in [2.05, 4.69) is 38.0 Å². The molecule has 0 aliphatic rings. The van der Waals surface area contributed by atoms with E-state index in [1.807, 2.05) is 6.92 Å². The van der Waals surface area contributed by atoms with Crippen molar-refractivity contribution in [2.75, 3.05) is 0 Å². The van der Waals surface area contributed by atoms with Gasteiger partial charge < -0.3 is 0 Å². The quantitative estimate of drug-likeness (QED) is 0.608. The maximum Gasteiger partial charge on any atom is 0.274 e. The number of rotatable bonds is 5. The summed E-state index contributed by atoms with van der Waals surface area (Å²) in [6, 6.07) is 10.7. The minimum absolute atomic E-state index is 0.0871. The van der Waals surface area contributed by atoms with Crippen LogP contribution in [-0.2, 0) is 26.3 Å². The molecule has 1 heterocycles. The summed E-state index contributed by atoms with van der Waals surface area (Å²) in [6.07, 6.45) is 2.38. The predicted molar refractivity (Wildman–Crippen MR) is 113 cm³/mol. The normalized spacial score (nSPS) is 11.1. The predicted octanol–water partition coefficient (Wildman–Crippen LogP) is 5.25. The summed E-state index contributed by atoms with van der Waals surface area (Å²) in [5.41, 5.74) is 7.73. The monoisotopic (exact) mass is 378 g/mol. The van der Waals surface area contributed by atoms with Crippen LogP contribution in [0.15, 0.2) is 41.2 Å². The number of hydrogen-bond acceptors (Lipinski definition) is 2. The van der Waals surface area contributed by atoms with Gasteiger partial charge in [0, 0.05) is 12.6 Å². The van der Waals surface area contributed by atoms with Crippen LogP contribution in [-0.4, -0.2) is 9.78 Å². The molecule has 0 saturated carbocycles. The van der Waals surface area contributed by atoms with Gasteiger partial charge in [-0.2, -0.15) is 5.10 Å². The third kappa shape index (κ3) is 3.51. The maximum atomic E-state index is 13.4. The number of aromatic nitrogens is 2. The van der Waals surface area contributed by atoms with Gasteiger partial charge in [0.15, 0.2) is 0 Å². The molecule has 2 aromatic carbocycles. The molecule has 4 heteroatoms. The number of nitrogens with zero attached hydrogens (tertiary/aromatic N) is 2. The first-order valence-electron chi connectivity index (χ1n) is 9.90. The van der Waals surface area contributed by atoms with Crippen molar-refractivity contribution < 1.29 is 4.39 Å². The van der Waals surface area contributed by atoms with Crippen molar-refractivity contribution >= 4 is 0 Å². The van der Waals surface area contributed by atoms with E-state index < -0.39 is 0 Å². The summed E-state index contributed by atoms with van der Waals surface area (Å²) in [6.45, 7) is 8.38. The van der Waals surface area contributed by atoms with E-state index in [-0.39, 0.29) is 11.4 Å². The summed E-state index contributed by atoms with van der Waals surface area (Å²) in [5, 5.41) is 4.54. The molecule has 0 N–H and O–H groups in total. The molecule has 0 unspecified atom stereocenters. The first kappa shape index (κ1) is 20.0. The van der Waals surface area contributed by atoms with Gasteiger partial charge in [-0.15, -0.1) is 0 Å². The smallest absolute Gasteiger partial charge is 0.267 e. The van der Waals surface area contributed by atoms with Gasteiger partial charge in [0.05, 0.1) is 11.3 Å². The maximum absolute atomic E-state index is 13.4. The number of hydrogen-bond donors (Lipinski definition) is 0. The molecule has 0 fully saturated rings. The molecule has 0 saturated heterocycles. The molecule has 3 nitrogen and oxygen atoms in total. The second kappa shape index (κ2) is 8.09. The van der Waals surface area contributed by atoms with Crippen LogP contribution in [0.25, 0.3) is 22.4 Å². The standard InChI is InChI=1S/C24H27FN2O/c1-6-16-13-15(4)14-17(7-2)21(16)22-20(8-3)23(26-27(5)24(22)28)18-9-11-19(25)12-10-18/h9-14H,6-8H2,1-5H3. The lowest BCUT2D eigenvalue weighted by Gasteiger charge is -2.20. The minimum Gasteiger partial charge on any atom is -0.267 e. The van der Waals surface area contributed by atoms with E-state index in [4.69, 9.17) is 0 Å². The highest BCUT2D eigenvalue weighted by molar-refractivity contribution is 5.79. The van der Waals surface area contributed by atoms with Crippen LogP contribution >= 0.6 is 0 Å². The van der Waals surface area contributed by atoms with Crippen molar-refractivity contribution in [3.8, 4) is 22.4 Å². The molecule has 0 spiro atoms. The number of halogens is 1. The van der Waals surface area contributed by atoms with Crippen LogP contribution in [0.1, 0.15) is 43.0 Å². The van der Waals surface area contributed by atoms with Crippen LogP contribution < -0.4 is 5.56 Å². The van der Waals surface area contributed by atoms with Gasteiger partial charge >= 0.3 is 0 Å². The van der Waals surface area contributed by atoms with E-state index in [9.17, 15) is 9.18 Å². The van der Waals surface area contributed by atoms with E-state index in [0.717, 1.165) is 40.8 Å². The average molecular weight is 378 g/mol. The van der Waals surface area contributed by atoms with Crippen LogP contribution in [0.3, 0.4) is 0 Å². The third-order valence-corrected chi connectivity index (χ3v) is 5.27. The second-order valence-electron chi connectivity index (χ2n) is 7.16. The van der Waals surface area contributed by atoms with Gasteiger partial charge in [0.2, 0.25) is 0 Å². The zero-order valence-electron chi connectivity index (χ0n) is 17.3. The molecule has 28 heavy (non-hydrogen) atoms. The molecule has 3 aromatic rings. The topological polar surface area (TPSA) is 34.9 Å². The van der Waals surface area contributed by atoms with E-state index in [0.29, 0.717) is 6.42 Å². The van der Waals surface area contributed by atoms with Crippen LogP contribution in [0.5, 0.6) is 0 Å². The van der Waals surface area contributed by atoms with Gasteiger partial charge in [-0.25, -0.2) is 9.07 Å². The highest BCUT2D eigenvalue weighted by Gasteiger charge is 2.22. The van der Waals surface area contributed by atoms with Crippen LogP contribution in [0.4, 0.5) is 4.39 Å². The van der Waals surface area contributed by atoms with E-state index in [1.54, 1.807) is 19.2 Å². The zero-order chi connectivity index (χ0) is 20.4. The molecule has 1 aromatic heterocycles. The van der Waals surface area contributed by atoms with Gasteiger partial charge in [-0.1, -0.05) is 38.5 Å². The summed E-state index contributed by atoms with van der Waals surface area (Å²) in [4.78, 5) is 13.2. The second-order valence-corrected chi connectivity index (χ2v) is 7.16. The van der Waals surface area contributed by atoms with Crippen molar-refractivity contribution in [2.24, 2.45) is 7.05 Å². The Kier molecular flexibility index (Phi) is 5.78. The summed E-state index contributed by atoms with van der Waals surface area (Å²) in [7, 11) is 1.68. The van der Waals surface area contributed by atoms with Crippen molar-refractivity contribution in [1.82, 2.24) is 9.78 Å². The third-order valence-electron chi connectivity index (χ3n) is 5.27. The Morgan fingerprint density at radius 3 is 2.00 bits per heavy atom. The highest BCUT2D eigenvalue weighted by atomic mass is 19.1. The largest absolute Gasteiger partial charge is 0.274 e. The first-order valence-corrected chi connectivity index (χ1v) is 9.90. The van der Waals surface area contributed by atoms with Gasteiger partial charge in [-0.3, -0.25) is 4.79 Å². The SMILES string of the molecule is CCc1cc(C)cc(CC)c1-c1c(CC)c(-c2ccc(F)cc2)nn(C)c1=O. The van der Waals surface area contributed by atoms with Gasteiger partial charge in [0.25, 0.3) is 5.56 Å². The van der Waals surface area contributed by atoms with Gasteiger partial charge in [0.1, 0.15) is 5.82 Å². The van der Waals surface area contributed by atoms with Crippen molar-refractivity contribution in [2.45, 2.75) is 47.0 Å². The molecule has 146 valence electrons. The molecule has 0 aliphatic heterocycles. The fourth-order valence-electron chi connectivity index (χ4n) is 3.93. The summed E-state index contributed by atoms with van der Waals surface area (Å²) >= 11 is 0. The van der Waals surface area contributed by atoms with Crippen molar-refractivity contribution in [1.29, 1.82) is 0 Å². The highest BCUT2D eigenvalue weighted by Crippen LogP contribution is 2.34. The van der Waals surface area contributed by atoms with Crippen molar-refractivity contribution in [3.63, 3.8) is 0 Å². The molecule has 0 amide bonds. The zero-order valence-corrected chi connectivity index (χ0v) is 17.3. The fraction of sp³-hybridized carbons (Fsp3) is 0.333. The number of aryl methyl sites for hydroxylation is 4. The minimum atomic E-state index is -0.285. The Balaban J connectivity index is 2.43. The summed E-state index contributed by atoms with van der Waals surface area (Å²) < 4.78 is 14.8. The number of benzene rings is 2. The van der Waals surface area contributed by atoms with Gasteiger partial charge in [-0.05, 0) is 72.7 Å².